The molecule has 2 N–H and O–H groups in total. The molecule has 3 aromatic rings. The lowest BCUT2D eigenvalue weighted by Gasteiger charge is -2.27. The Bertz CT molecular complexity index is 994. The van der Waals surface area contributed by atoms with Crippen molar-refractivity contribution in [2.75, 3.05) is 32.8 Å². The molecular formula is C25H32N6O. The highest BCUT2D eigenvalue weighted by Crippen LogP contribution is 2.14. The predicted octanol–water partition coefficient (Wildman–Crippen LogP) is 2.96. The van der Waals surface area contributed by atoms with Gasteiger partial charge >= 0.3 is 0 Å². The molecule has 0 saturated carbocycles. The fraction of sp³-hybridized carbons (Fsp3) is 0.360. The largest absolute Gasteiger partial charge is 0.379 e. The zero-order valence-electron chi connectivity index (χ0n) is 18.7. The molecule has 1 aliphatic heterocycles. The van der Waals surface area contributed by atoms with E-state index < -0.39 is 0 Å². The lowest BCUT2D eigenvalue weighted by Crippen LogP contribution is -2.37. The first-order valence-electron chi connectivity index (χ1n) is 11.3. The van der Waals surface area contributed by atoms with Crippen LogP contribution in [0.2, 0.25) is 0 Å². The highest BCUT2D eigenvalue weighted by atomic mass is 16.5. The van der Waals surface area contributed by atoms with Gasteiger partial charge in [-0.3, -0.25) is 4.90 Å². The van der Waals surface area contributed by atoms with Crippen molar-refractivity contribution in [1.82, 2.24) is 25.3 Å². The first-order chi connectivity index (χ1) is 15.8. The van der Waals surface area contributed by atoms with Crippen molar-refractivity contribution in [1.29, 1.82) is 0 Å². The van der Waals surface area contributed by atoms with Crippen molar-refractivity contribution in [3.8, 4) is 5.69 Å². The average Bonchev–Trinajstić information content (AvgIpc) is 3.32. The van der Waals surface area contributed by atoms with Crippen molar-refractivity contribution >= 4 is 5.96 Å². The van der Waals surface area contributed by atoms with Gasteiger partial charge in [0.05, 0.1) is 37.7 Å². The lowest BCUT2D eigenvalue weighted by molar-refractivity contribution is 0.0341. The Kier molecular flexibility index (Phi) is 7.89. The summed E-state index contributed by atoms with van der Waals surface area (Å²) in [7, 11) is 0. The molecule has 0 unspecified atom stereocenters. The number of rotatable bonds is 8. The van der Waals surface area contributed by atoms with Crippen LogP contribution in [0.25, 0.3) is 5.69 Å². The molecule has 168 valence electrons. The number of para-hydroxylation sites is 1. The highest BCUT2D eigenvalue weighted by Gasteiger charge is 2.12. The Morgan fingerprint density at radius 1 is 0.969 bits per heavy atom. The van der Waals surface area contributed by atoms with Gasteiger partial charge in [-0.05, 0) is 36.2 Å². The third-order valence-electron chi connectivity index (χ3n) is 5.47. The van der Waals surface area contributed by atoms with Gasteiger partial charge in [0.2, 0.25) is 0 Å². The second-order valence-electron chi connectivity index (χ2n) is 7.79. The number of nitrogens with zero attached hydrogens (tertiary/aromatic N) is 4. The summed E-state index contributed by atoms with van der Waals surface area (Å²) in [4.78, 5) is 7.28. The molecule has 0 amide bonds. The Balaban J connectivity index is 1.38. The number of guanidine groups is 1. The standard InChI is InChI=1S/C25H32N6O/c1-2-26-25(28-19-23-12-13-31(29-23)24-10-4-3-5-11-24)27-18-21-8-6-7-9-22(21)20-30-14-16-32-17-15-30/h3-13H,2,14-20H2,1H3,(H2,26,27,28). The Morgan fingerprint density at radius 3 is 2.50 bits per heavy atom. The van der Waals surface area contributed by atoms with E-state index in [9.17, 15) is 0 Å². The monoisotopic (exact) mass is 432 g/mol. The second-order valence-corrected chi connectivity index (χ2v) is 7.79. The van der Waals surface area contributed by atoms with E-state index in [1.165, 1.54) is 11.1 Å². The van der Waals surface area contributed by atoms with Crippen LogP contribution in [0.15, 0.2) is 71.9 Å². The SMILES string of the molecule is CCNC(=NCc1ccccc1CN1CCOCC1)NCc1ccn(-c2ccccc2)n1. The number of benzene rings is 2. The van der Waals surface area contributed by atoms with Crippen LogP contribution in [0.4, 0.5) is 0 Å². The van der Waals surface area contributed by atoms with Crippen LogP contribution < -0.4 is 10.6 Å². The lowest BCUT2D eigenvalue weighted by atomic mass is 10.1. The topological polar surface area (TPSA) is 66.7 Å². The van der Waals surface area contributed by atoms with Gasteiger partial charge in [0, 0.05) is 32.4 Å². The van der Waals surface area contributed by atoms with E-state index in [0.717, 1.165) is 56.7 Å². The average molecular weight is 433 g/mol. The molecule has 2 aromatic carbocycles. The fourth-order valence-corrected chi connectivity index (χ4v) is 3.73. The normalized spacial score (nSPS) is 15.0. The number of ether oxygens (including phenoxy) is 1. The van der Waals surface area contributed by atoms with Crippen LogP contribution in [0.5, 0.6) is 0 Å². The fourth-order valence-electron chi connectivity index (χ4n) is 3.73. The summed E-state index contributed by atoms with van der Waals surface area (Å²) < 4.78 is 7.37. The summed E-state index contributed by atoms with van der Waals surface area (Å²) in [5.41, 5.74) is 4.60. The molecule has 1 aliphatic rings. The molecule has 7 heteroatoms. The van der Waals surface area contributed by atoms with Gasteiger partial charge in [-0.25, -0.2) is 9.67 Å². The van der Waals surface area contributed by atoms with Gasteiger partial charge in [0.25, 0.3) is 0 Å². The van der Waals surface area contributed by atoms with Gasteiger partial charge < -0.3 is 15.4 Å². The van der Waals surface area contributed by atoms with Crippen LogP contribution in [-0.4, -0.2) is 53.5 Å². The van der Waals surface area contributed by atoms with Gasteiger partial charge in [0.1, 0.15) is 0 Å². The first kappa shape index (κ1) is 22.0. The van der Waals surface area contributed by atoms with Crippen molar-refractivity contribution in [2.24, 2.45) is 4.99 Å². The van der Waals surface area contributed by atoms with Gasteiger partial charge in [-0.2, -0.15) is 5.10 Å². The van der Waals surface area contributed by atoms with Gasteiger partial charge in [-0.1, -0.05) is 42.5 Å². The minimum absolute atomic E-state index is 0.612. The van der Waals surface area contributed by atoms with E-state index >= 15 is 0 Å². The summed E-state index contributed by atoms with van der Waals surface area (Å²) in [5.74, 6) is 0.794. The van der Waals surface area contributed by atoms with E-state index in [1.807, 2.05) is 47.3 Å². The van der Waals surface area contributed by atoms with Gasteiger partial charge in [-0.15, -0.1) is 0 Å². The molecule has 7 nitrogen and oxygen atoms in total. The molecule has 1 saturated heterocycles. The van der Waals surface area contributed by atoms with Crippen LogP contribution in [-0.2, 0) is 24.4 Å². The van der Waals surface area contributed by atoms with E-state index in [0.29, 0.717) is 13.1 Å². The van der Waals surface area contributed by atoms with Crippen LogP contribution in [0, 0.1) is 0 Å². The molecule has 1 fully saturated rings. The summed E-state index contributed by atoms with van der Waals surface area (Å²) in [6, 6.07) is 20.7. The maximum Gasteiger partial charge on any atom is 0.191 e. The predicted molar refractivity (Wildman–Crippen MR) is 128 cm³/mol. The van der Waals surface area contributed by atoms with E-state index in [4.69, 9.17) is 9.73 Å². The van der Waals surface area contributed by atoms with Gasteiger partial charge in [0.15, 0.2) is 5.96 Å². The van der Waals surface area contributed by atoms with Crippen molar-refractivity contribution in [3.05, 3.63) is 83.7 Å². The summed E-state index contributed by atoms with van der Waals surface area (Å²) in [6.45, 7) is 8.66. The van der Waals surface area contributed by atoms with Crippen LogP contribution in [0.3, 0.4) is 0 Å². The number of morpholine rings is 1. The maximum absolute atomic E-state index is 5.48. The Hall–Kier alpha value is -3.16. The molecule has 4 rings (SSSR count). The minimum Gasteiger partial charge on any atom is -0.379 e. The van der Waals surface area contributed by atoms with Crippen molar-refractivity contribution in [2.45, 2.75) is 26.6 Å². The molecule has 1 aromatic heterocycles. The third kappa shape index (κ3) is 6.18. The molecule has 0 bridgehead atoms. The smallest absolute Gasteiger partial charge is 0.191 e. The summed E-state index contributed by atoms with van der Waals surface area (Å²) in [6.07, 6.45) is 1.98. The number of aromatic nitrogens is 2. The zero-order valence-corrected chi connectivity index (χ0v) is 18.7. The molecule has 0 aliphatic carbocycles. The number of aliphatic imine (C=N–C) groups is 1. The Labute approximate surface area is 190 Å². The number of nitrogens with one attached hydrogen (secondary N) is 2. The van der Waals surface area contributed by atoms with Crippen molar-refractivity contribution in [3.63, 3.8) is 0 Å². The van der Waals surface area contributed by atoms with E-state index in [1.54, 1.807) is 0 Å². The summed E-state index contributed by atoms with van der Waals surface area (Å²) >= 11 is 0. The van der Waals surface area contributed by atoms with Crippen molar-refractivity contribution < 1.29 is 4.74 Å². The van der Waals surface area contributed by atoms with Crippen LogP contribution in [0.1, 0.15) is 23.7 Å². The molecule has 0 spiro atoms. The minimum atomic E-state index is 0.612. The molecular weight excluding hydrogens is 400 g/mol. The van der Waals surface area contributed by atoms with E-state index in [2.05, 4.69) is 51.8 Å². The van der Waals surface area contributed by atoms with E-state index in [-0.39, 0.29) is 0 Å². The Morgan fingerprint density at radius 2 is 1.72 bits per heavy atom. The quantitative estimate of drug-likeness (QED) is 0.423. The zero-order chi connectivity index (χ0) is 22.0. The molecule has 0 atom stereocenters. The highest BCUT2D eigenvalue weighted by molar-refractivity contribution is 5.79. The third-order valence-corrected chi connectivity index (χ3v) is 5.47. The summed E-state index contributed by atoms with van der Waals surface area (Å²) in [5, 5.41) is 11.4. The second kappa shape index (κ2) is 11.5. The van der Waals surface area contributed by atoms with Crippen LogP contribution >= 0.6 is 0 Å². The number of hydrogen-bond acceptors (Lipinski definition) is 4. The maximum atomic E-state index is 5.48. The molecule has 32 heavy (non-hydrogen) atoms. The molecule has 0 radical (unpaired) electrons. The molecule has 2 heterocycles. The number of hydrogen-bond donors (Lipinski definition) is 2. The first-order valence-corrected chi connectivity index (χ1v) is 11.3.